The molecular formula is C28H19FN4O4. The largest absolute Gasteiger partial charge is 0.457 e. The number of rotatable bonds is 8. The van der Waals surface area contributed by atoms with E-state index in [1.54, 1.807) is 48.7 Å². The van der Waals surface area contributed by atoms with E-state index in [0.29, 0.717) is 28.1 Å². The highest BCUT2D eigenvalue weighted by atomic mass is 19.1. The molecule has 0 saturated heterocycles. The fraction of sp³-hybridized carbons (Fsp3) is 0. The first-order valence-corrected chi connectivity index (χ1v) is 11.1. The number of halogens is 1. The molecule has 0 aliphatic heterocycles. The number of carbonyl (C=O) groups excluding carboxylic acids is 1. The highest BCUT2D eigenvalue weighted by Gasteiger charge is 2.14. The molecule has 9 heteroatoms. The number of nitrogens with one attached hydrogen (secondary N) is 3. The van der Waals surface area contributed by atoms with E-state index >= 15 is 0 Å². The molecule has 1 amide bonds. The number of ether oxygens (including phenoxy) is 3. The first-order valence-electron chi connectivity index (χ1n) is 11.1. The van der Waals surface area contributed by atoms with Gasteiger partial charge in [-0.1, -0.05) is 24.3 Å². The van der Waals surface area contributed by atoms with Crippen LogP contribution in [0.25, 0.3) is 21.7 Å². The zero-order valence-corrected chi connectivity index (χ0v) is 19.2. The molecule has 5 aromatic rings. The second-order valence-corrected chi connectivity index (χ2v) is 7.82. The summed E-state index contributed by atoms with van der Waals surface area (Å²) >= 11 is 0. The molecule has 0 unspecified atom stereocenters. The Morgan fingerprint density at radius 3 is 2.41 bits per heavy atom. The zero-order valence-electron chi connectivity index (χ0n) is 19.2. The van der Waals surface area contributed by atoms with E-state index in [-0.39, 0.29) is 17.1 Å². The van der Waals surface area contributed by atoms with Gasteiger partial charge in [-0.05, 0) is 53.9 Å². The molecule has 182 valence electrons. The van der Waals surface area contributed by atoms with Crippen molar-refractivity contribution in [2.75, 3.05) is 5.32 Å². The van der Waals surface area contributed by atoms with Crippen LogP contribution in [0.3, 0.4) is 0 Å². The lowest BCUT2D eigenvalue weighted by Crippen LogP contribution is -2.13. The summed E-state index contributed by atoms with van der Waals surface area (Å²) in [5.41, 5.74) is 1.05. The third-order valence-corrected chi connectivity index (χ3v) is 5.59. The zero-order chi connectivity index (χ0) is 25.8. The molecule has 0 bridgehead atoms. The number of fused-ring (bicyclic) bond motifs is 2. The summed E-state index contributed by atoms with van der Waals surface area (Å²) in [4.78, 5) is 17.0. The molecule has 5 rings (SSSR count). The highest BCUT2D eigenvalue weighted by molar-refractivity contribution is 6.09. The molecule has 0 aliphatic carbocycles. The summed E-state index contributed by atoms with van der Waals surface area (Å²) in [7, 11) is 0. The minimum atomic E-state index is -0.591. The lowest BCUT2D eigenvalue weighted by atomic mass is 10.1. The first-order chi connectivity index (χ1) is 18.1. The van der Waals surface area contributed by atoms with Gasteiger partial charge in [0.25, 0.3) is 5.91 Å². The third-order valence-electron chi connectivity index (χ3n) is 5.59. The Hall–Kier alpha value is -5.31. The monoisotopic (exact) mass is 494 g/mol. The molecule has 3 N–H and O–H groups in total. The van der Waals surface area contributed by atoms with E-state index in [4.69, 9.17) is 25.0 Å². The smallest absolute Gasteiger partial charge is 0.258 e. The van der Waals surface area contributed by atoms with Crippen molar-refractivity contribution in [3.8, 4) is 23.0 Å². The number of pyridine rings is 1. The van der Waals surface area contributed by atoms with Crippen molar-refractivity contribution in [2.24, 2.45) is 0 Å². The van der Waals surface area contributed by atoms with Gasteiger partial charge in [0.1, 0.15) is 17.3 Å². The molecule has 1 aromatic heterocycles. The minimum Gasteiger partial charge on any atom is -0.457 e. The molecule has 0 aliphatic rings. The maximum atomic E-state index is 14.0. The Kier molecular flexibility index (Phi) is 6.41. The number of benzene rings is 4. The first kappa shape index (κ1) is 23.4. The van der Waals surface area contributed by atoms with Gasteiger partial charge in [-0.3, -0.25) is 20.6 Å². The van der Waals surface area contributed by atoms with Crippen molar-refractivity contribution in [3.05, 3.63) is 96.4 Å². The molecule has 0 fully saturated rings. The Labute approximate surface area is 210 Å². The minimum absolute atomic E-state index is 0.0374. The fourth-order valence-corrected chi connectivity index (χ4v) is 3.92. The average Bonchev–Trinajstić information content (AvgIpc) is 2.90. The summed E-state index contributed by atoms with van der Waals surface area (Å²) in [5.74, 6) is 0.370. The van der Waals surface area contributed by atoms with E-state index < -0.39 is 11.7 Å². The van der Waals surface area contributed by atoms with Gasteiger partial charge >= 0.3 is 0 Å². The molecular weight excluding hydrogens is 475 g/mol. The highest BCUT2D eigenvalue weighted by Crippen LogP contribution is 2.38. The van der Waals surface area contributed by atoms with Crippen molar-refractivity contribution in [2.45, 2.75) is 0 Å². The van der Waals surface area contributed by atoms with Gasteiger partial charge in [0.05, 0.1) is 11.1 Å². The van der Waals surface area contributed by atoms with Crippen LogP contribution in [0.15, 0.2) is 85.1 Å². The number of carbonyl (C=O) groups is 1. The molecule has 0 radical (unpaired) electrons. The second-order valence-electron chi connectivity index (χ2n) is 7.82. The van der Waals surface area contributed by atoms with Crippen molar-refractivity contribution >= 4 is 46.1 Å². The number of amides is 1. The SMILES string of the molecule is N=COc1cc2nccc(Oc3ccc4c(NC(=O)c5ccccc5F)cccc4c3)c2cc1OC=N. The second kappa shape index (κ2) is 10.1. The molecule has 4 aromatic carbocycles. The molecule has 0 spiro atoms. The molecule has 0 atom stereocenters. The van der Waals surface area contributed by atoms with Crippen LogP contribution in [0.2, 0.25) is 0 Å². The lowest BCUT2D eigenvalue weighted by molar-refractivity contribution is 0.102. The van der Waals surface area contributed by atoms with Gasteiger partial charge in [-0.2, -0.15) is 0 Å². The Balaban J connectivity index is 1.47. The number of nitrogens with zero attached hydrogens (tertiary/aromatic N) is 1. The quantitative estimate of drug-likeness (QED) is 0.167. The van der Waals surface area contributed by atoms with Crippen LogP contribution in [-0.2, 0) is 0 Å². The Bertz CT molecular complexity index is 1670. The van der Waals surface area contributed by atoms with E-state index in [1.165, 1.54) is 18.2 Å². The van der Waals surface area contributed by atoms with Crippen LogP contribution in [0.5, 0.6) is 23.0 Å². The van der Waals surface area contributed by atoms with Gasteiger partial charge in [-0.15, -0.1) is 0 Å². The molecule has 8 nitrogen and oxygen atoms in total. The van der Waals surface area contributed by atoms with E-state index in [0.717, 1.165) is 23.6 Å². The maximum Gasteiger partial charge on any atom is 0.258 e. The van der Waals surface area contributed by atoms with E-state index in [2.05, 4.69) is 10.3 Å². The van der Waals surface area contributed by atoms with Crippen LogP contribution < -0.4 is 19.5 Å². The van der Waals surface area contributed by atoms with E-state index in [1.807, 2.05) is 18.2 Å². The summed E-state index contributed by atoms with van der Waals surface area (Å²) in [6.07, 6.45) is 3.11. The van der Waals surface area contributed by atoms with Crippen LogP contribution in [0.1, 0.15) is 10.4 Å². The number of hydrogen-bond donors (Lipinski definition) is 3. The number of anilines is 1. The summed E-state index contributed by atoms with van der Waals surface area (Å²) < 4.78 is 30.6. The van der Waals surface area contributed by atoms with Gasteiger partial charge in [0.15, 0.2) is 24.3 Å². The normalized spacial score (nSPS) is 10.6. The molecule has 0 saturated carbocycles. The van der Waals surface area contributed by atoms with Gasteiger partial charge in [0, 0.05) is 28.7 Å². The maximum absolute atomic E-state index is 14.0. The lowest BCUT2D eigenvalue weighted by Gasteiger charge is -2.13. The Morgan fingerprint density at radius 1 is 0.838 bits per heavy atom. The number of hydrogen-bond acceptors (Lipinski definition) is 7. The topological polar surface area (TPSA) is 117 Å². The van der Waals surface area contributed by atoms with Crippen molar-refractivity contribution in [1.82, 2.24) is 4.98 Å². The standard InChI is InChI=1S/C28H19FN4O4/c29-22-6-2-1-5-20(22)28(34)33-23-7-3-4-17-12-18(8-9-19(17)23)37-25-10-11-32-24-14-27(36-16-31)26(35-15-30)13-21(24)25/h1-16,30-31H,(H,33,34). The predicted octanol–water partition coefficient (Wildman–Crippen LogP) is 6.54. The summed E-state index contributed by atoms with van der Waals surface area (Å²) in [6, 6.07) is 21.5. The van der Waals surface area contributed by atoms with Crippen LogP contribution in [0.4, 0.5) is 10.1 Å². The third kappa shape index (κ3) is 4.78. The van der Waals surface area contributed by atoms with Gasteiger partial charge < -0.3 is 19.5 Å². The summed E-state index contributed by atoms with van der Waals surface area (Å²) in [6.45, 7) is 0. The average molecular weight is 494 g/mol. The molecule has 1 heterocycles. The number of aromatic nitrogens is 1. The molecule has 37 heavy (non-hydrogen) atoms. The van der Waals surface area contributed by atoms with Crippen molar-refractivity contribution < 1.29 is 23.4 Å². The predicted molar refractivity (Wildman–Crippen MR) is 139 cm³/mol. The fourth-order valence-electron chi connectivity index (χ4n) is 3.92. The van der Waals surface area contributed by atoms with Crippen LogP contribution >= 0.6 is 0 Å². The summed E-state index contributed by atoms with van der Waals surface area (Å²) in [5, 5.41) is 19.4. The van der Waals surface area contributed by atoms with Crippen LogP contribution in [-0.4, -0.2) is 23.7 Å². The van der Waals surface area contributed by atoms with E-state index in [9.17, 15) is 9.18 Å². The Morgan fingerprint density at radius 2 is 1.62 bits per heavy atom. The van der Waals surface area contributed by atoms with Gasteiger partial charge in [-0.25, -0.2) is 4.39 Å². The van der Waals surface area contributed by atoms with Crippen molar-refractivity contribution in [1.29, 1.82) is 10.8 Å². The van der Waals surface area contributed by atoms with Crippen molar-refractivity contribution in [3.63, 3.8) is 0 Å². The van der Waals surface area contributed by atoms with Gasteiger partial charge in [0.2, 0.25) is 0 Å². The van der Waals surface area contributed by atoms with Crippen LogP contribution in [0, 0.1) is 16.6 Å².